The maximum Gasteiger partial charge on any atom is 0.243 e. The molecule has 1 unspecified atom stereocenters. The van der Waals surface area contributed by atoms with Crippen molar-refractivity contribution < 1.29 is 13.5 Å². The maximum atomic E-state index is 12.8. The van der Waals surface area contributed by atoms with Crippen LogP contribution < -0.4 is 5.73 Å². The van der Waals surface area contributed by atoms with E-state index >= 15 is 0 Å². The topological polar surface area (TPSA) is 83.6 Å². The Bertz CT molecular complexity index is 549. The molecule has 0 aliphatic heterocycles. The van der Waals surface area contributed by atoms with Crippen molar-refractivity contribution >= 4 is 10.0 Å². The Morgan fingerprint density at radius 2 is 1.86 bits per heavy atom. The second-order valence-corrected chi connectivity index (χ2v) is 7.53. The van der Waals surface area contributed by atoms with Gasteiger partial charge in [0.1, 0.15) is 0 Å². The lowest BCUT2D eigenvalue weighted by Crippen LogP contribution is -2.40. The Hall–Kier alpha value is -0.950. The Morgan fingerprint density at radius 3 is 2.33 bits per heavy atom. The second kappa shape index (κ2) is 6.87. The van der Waals surface area contributed by atoms with E-state index in [-0.39, 0.29) is 30.1 Å². The van der Waals surface area contributed by atoms with Gasteiger partial charge in [-0.25, -0.2) is 8.42 Å². The summed E-state index contributed by atoms with van der Waals surface area (Å²) in [4.78, 5) is 0.271. The van der Waals surface area contributed by atoms with Gasteiger partial charge >= 0.3 is 0 Å². The first-order valence-electron chi connectivity index (χ1n) is 7.45. The van der Waals surface area contributed by atoms with Crippen LogP contribution in [-0.2, 0) is 10.0 Å². The smallest absolute Gasteiger partial charge is 0.243 e. The highest BCUT2D eigenvalue weighted by atomic mass is 32.2. The molecule has 0 heterocycles. The van der Waals surface area contributed by atoms with Gasteiger partial charge in [0.25, 0.3) is 0 Å². The quantitative estimate of drug-likeness (QED) is 0.836. The Morgan fingerprint density at radius 1 is 1.29 bits per heavy atom. The van der Waals surface area contributed by atoms with Crippen molar-refractivity contribution in [2.75, 3.05) is 13.2 Å². The van der Waals surface area contributed by atoms with Gasteiger partial charge in [0.05, 0.1) is 11.5 Å². The molecule has 5 nitrogen and oxygen atoms in total. The average Bonchev–Trinajstić information content (AvgIpc) is 2.98. The third-order valence-electron chi connectivity index (χ3n) is 4.06. The van der Waals surface area contributed by atoms with Crippen molar-refractivity contribution in [1.29, 1.82) is 0 Å². The fraction of sp³-hybridized carbons (Fsp3) is 0.600. The van der Waals surface area contributed by atoms with Gasteiger partial charge in [-0.05, 0) is 37.5 Å². The summed E-state index contributed by atoms with van der Waals surface area (Å²) in [5.41, 5.74) is 6.69. The number of hydrogen-bond donors (Lipinski definition) is 2. The van der Waals surface area contributed by atoms with Gasteiger partial charge in [-0.2, -0.15) is 4.31 Å². The first-order valence-corrected chi connectivity index (χ1v) is 8.89. The largest absolute Gasteiger partial charge is 0.395 e. The molecule has 0 amide bonds. The zero-order chi connectivity index (χ0) is 15.5. The summed E-state index contributed by atoms with van der Waals surface area (Å²) in [5, 5.41) is 9.20. The van der Waals surface area contributed by atoms with Crippen LogP contribution >= 0.6 is 0 Å². The van der Waals surface area contributed by atoms with Crippen molar-refractivity contribution in [2.45, 2.75) is 49.6 Å². The summed E-state index contributed by atoms with van der Waals surface area (Å²) in [6.07, 6.45) is 3.84. The van der Waals surface area contributed by atoms with E-state index < -0.39 is 10.0 Å². The molecule has 1 aromatic rings. The van der Waals surface area contributed by atoms with Crippen molar-refractivity contribution in [3.05, 3.63) is 29.8 Å². The SMILES string of the molecule is CC(N)c1ccc(S(=O)(=O)N(CCO)C2CCCC2)cc1. The zero-order valence-corrected chi connectivity index (χ0v) is 13.2. The Labute approximate surface area is 126 Å². The summed E-state index contributed by atoms with van der Waals surface area (Å²) in [6, 6.07) is 6.60. The van der Waals surface area contributed by atoms with Gasteiger partial charge < -0.3 is 10.8 Å². The molecule has 118 valence electrons. The lowest BCUT2D eigenvalue weighted by Gasteiger charge is -2.27. The monoisotopic (exact) mass is 312 g/mol. The lowest BCUT2D eigenvalue weighted by molar-refractivity contribution is 0.226. The molecular weight excluding hydrogens is 288 g/mol. The zero-order valence-electron chi connectivity index (χ0n) is 12.4. The molecule has 1 aliphatic carbocycles. The van der Waals surface area contributed by atoms with Gasteiger partial charge in [-0.1, -0.05) is 25.0 Å². The van der Waals surface area contributed by atoms with E-state index in [1.54, 1.807) is 24.3 Å². The van der Waals surface area contributed by atoms with Gasteiger partial charge in [0.2, 0.25) is 10.0 Å². The molecule has 21 heavy (non-hydrogen) atoms. The van der Waals surface area contributed by atoms with Crippen LogP contribution in [0.15, 0.2) is 29.2 Å². The highest BCUT2D eigenvalue weighted by molar-refractivity contribution is 7.89. The van der Waals surface area contributed by atoms with Crippen LogP contribution in [0, 0.1) is 0 Å². The van der Waals surface area contributed by atoms with Gasteiger partial charge in [-0.15, -0.1) is 0 Å². The summed E-state index contributed by atoms with van der Waals surface area (Å²) in [6.45, 7) is 1.86. The number of aliphatic hydroxyl groups is 1. The molecule has 1 aliphatic rings. The van der Waals surface area contributed by atoms with Gasteiger partial charge in [0, 0.05) is 18.6 Å². The molecule has 1 aromatic carbocycles. The van der Waals surface area contributed by atoms with E-state index in [9.17, 15) is 13.5 Å². The standard InChI is InChI=1S/C15H24N2O3S/c1-12(16)13-6-8-15(9-7-13)21(19,20)17(10-11-18)14-4-2-3-5-14/h6-9,12,14,18H,2-5,10-11,16H2,1H3. The van der Waals surface area contributed by atoms with Gasteiger partial charge in [-0.3, -0.25) is 0 Å². The number of aliphatic hydroxyl groups excluding tert-OH is 1. The third kappa shape index (κ3) is 3.63. The molecule has 0 radical (unpaired) electrons. The summed E-state index contributed by atoms with van der Waals surface area (Å²) >= 11 is 0. The van der Waals surface area contributed by atoms with E-state index in [4.69, 9.17) is 5.73 Å². The predicted octanol–water partition coefficient (Wildman–Crippen LogP) is 1.63. The van der Waals surface area contributed by atoms with E-state index in [1.165, 1.54) is 4.31 Å². The van der Waals surface area contributed by atoms with Crippen molar-refractivity contribution in [3.63, 3.8) is 0 Å². The van der Waals surface area contributed by atoms with Crippen LogP contribution in [0.1, 0.15) is 44.2 Å². The van der Waals surface area contributed by atoms with Crippen molar-refractivity contribution in [2.24, 2.45) is 5.73 Å². The molecule has 2 rings (SSSR count). The van der Waals surface area contributed by atoms with E-state index in [0.717, 1.165) is 31.2 Å². The molecule has 1 saturated carbocycles. The predicted molar refractivity (Wildman–Crippen MR) is 82.3 cm³/mol. The van der Waals surface area contributed by atoms with Crippen LogP contribution in [0.5, 0.6) is 0 Å². The third-order valence-corrected chi connectivity index (χ3v) is 6.03. The highest BCUT2D eigenvalue weighted by Gasteiger charge is 2.32. The van der Waals surface area contributed by atoms with Crippen LogP contribution in [0.4, 0.5) is 0 Å². The lowest BCUT2D eigenvalue weighted by atomic mass is 10.1. The highest BCUT2D eigenvalue weighted by Crippen LogP contribution is 2.28. The van der Waals surface area contributed by atoms with Crippen LogP contribution in [0.25, 0.3) is 0 Å². The molecule has 6 heteroatoms. The molecule has 1 fully saturated rings. The number of rotatable bonds is 6. The minimum Gasteiger partial charge on any atom is -0.395 e. The van der Waals surface area contributed by atoms with E-state index in [1.807, 2.05) is 6.92 Å². The molecule has 0 spiro atoms. The molecule has 3 N–H and O–H groups in total. The summed E-state index contributed by atoms with van der Waals surface area (Å²) in [7, 11) is -3.56. The molecule has 0 bridgehead atoms. The number of benzene rings is 1. The first-order chi connectivity index (χ1) is 9.96. The summed E-state index contributed by atoms with van der Waals surface area (Å²) < 4.78 is 27.0. The molecular formula is C15H24N2O3S. The van der Waals surface area contributed by atoms with E-state index in [2.05, 4.69) is 0 Å². The van der Waals surface area contributed by atoms with Crippen molar-refractivity contribution in [1.82, 2.24) is 4.31 Å². The number of hydrogen-bond acceptors (Lipinski definition) is 4. The molecule has 0 aromatic heterocycles. The minimum absolute atomic E-state index is 0.00950. The minimum atomic E-state index is -3.56. The van der Waals surface area contributed by atoms with Crippen LogP contribution in [-0.4, -0.2) is 37.0 Å². The molecule has 1 atom stereocenters. The maximum absolute atomic E-state index is 12.8. The second-order valence-electron chi connectivity index (χ2n) is 5.64. The molecule has 0 saturated heterocycles. The Kier molecular flexibility index (Phi) is 5.37. The van der Waals surface area contributed by atoms with Crippen LogP contribution in [0.2, 0.25) is 0 Å². The number of nitrogens with two attached hydrogens (primary N) is 1. The first kappa shape index (κ1) is 16.4. The number of sulfonamides is 1. The Balaban J connectivity index is 2.28. The van der Waals surface area contributed by atoms with Crippen molar-refractivity contribution in [3.8, 4) is 0 Å². The van der Waals surface area contributed by atoms with Gasteiger partial charge in [0.15, 0.2) is 0 Å². The summed E-state index contributed by atoms with van der Waals surface area (Å²) in [5.74, 6) is 0. The average molecular weight is 312 g/mol. The normalized spacial score (nSPS) is 18.3. The fourth-order valence-electron chi connectivity index (χ4n) is 2.87. The number of nitrogens with zero attached hydrogens (tertiary/aromatic N) is 1. The van der Waals surface area contributed by atoms with Crippen LogP contribution in [0.3, 0.4) is 0 Å². The van der Waals surface area contributed by atoms with E-state index in [0.29, 0.717) is 0 Å². The fourth-order valence-corrected chi connectivity index (χ4v) is 4.54.